The van der Waals surface area contributed by atoms with Crippen molar-refractivity contribution in [2.45, 2.75) is 44.6 Å². The number of hydrogen-bond acceptors (Lipinski definition) is 2. The number of halogens is 1. The molecule has 1 unspecified atom stereocenters. The van der Waals surface area contributed by atoms with E-state index >= 15 is 0 Å². The zero-order valence-corrected chi connectivity index (χ0v) is 15.4. The molecule has 1 aliphatic rings. The molecule has 0 amide bonds. The van der Waals surface area contributed by atoms with Crippen LogP contribution in [0.15, 0.2) is 29.3 Å². The van der Waals surface area contributed by atoms with Crippen molar-refractivity contribution < 1.29 is 4.74 Å². The Hall–Kier alpha value is -0.980. The Morgan fingerprint density at radius 1 is 1.43 bits per heavy atom. The van der Waals surface area contributed by atoms with Crippen molar-refractivity contribution in [2.75, 3.05) is 13.7 Å². The standard InChI is InChI=1S/C16H25N3O.HI/c1-4-12(2)19-15(17)18-11-16(9-10-16)13-7-5-6-8-14(13)20-3;/h5-8,12H,4,9-11H2,1-3H3,(H3,17,18,19);1H. The molecule has 0 bridgehead atoms. The van der Waals surface area contributed by atoms with Gasteiger partial charge < -0.3 is 15.8 Å². The molecule has 3 N–H and O–H groups in total. The normalized spacial score (nSPS) is 17.6. The quantitative estimate of drug-likeness (QED) is 0.436. The molecule has 2 rings (SSSR count). The average Bonchev–Trinajstić information content (AvgIpc) is 3.26. The van der Waals surface area contributed by atoms with Crippen molar-refractivity contribution in [2.24, 2.45) is 10.7 Å². The van der Waals surface area contributed by atoms with E-state index in [1.54, 1.807) is 7.11 Å². The number of nitrogens with zero attached hydrogens (tertiary/aromatic N) is 1. The lowest BCUT2D eigenvalue weighted by molar-refractivity contribution is 0.404. The molecule has 118 valence electrons. The highest BCUT2D eigenvalue weighted by Crippen LogP contribution is 2.51. The molecule has 21 heavy (non-hydrogen) atoms. The van der Waals surface area contributed by atoms with Gasteiger partial charge in [0.1, 0.15) is 5.75 Å². The van der Waals surface area contributed by atoms with E-state index in [1.165, 1.54) is 5.56 Å². The molecule has 5 heteroatoms. The number of nitrogens with two attached hydrogens (primary N) is 1. The summed E-state index contributed by atoms with van der Waals surface area (Å²) in [4.78, 5) is 4.53. The van der Waals surface area contributed by atoms with Crippen molar-refractivity contribution in [1.82, 2.24) is 5.32 Å². The Balaban J connectivity index is 0.00000220. The van der Waals surface area contributed by atoms with Crippen molar-refractivity contribution in [1.29, 1.82) is 0 Å². The molecule has 0 aromatic heterocycles. The largest absolute Gasteiger partial charge is 0.496 e. The highest BCUT2D eigenvalue weighted by molar-refractivity contribution is 14.0. The molecule has 0 aliphatic heterocycles. The van der Waals surface area contributed by atoms with Gasteiger partial charge in [-0.1, -0.05) is 25.1 Å². The maximum absolute atomic E-state index is 5.94. The fourth-order valence-corrected chi connectivity index (χ4v) is 2.38. The smallest absolute Gasteiger partial charge is 0.188 e. The van der Waals surface area contributed by atoms with Crippen molar-refractivity contribution in [3.8, 4) is 5.75 Å². The Bertz CT molecular complexity index is 486. The predicted octanol–water partition coefficient (Wildman–Crippen LogP) is 3.05. The summed E-state index contributed by atoms with van der Waals surface area (Å²) in [5, 5.41) is 3.21. The second kappa shape index (κ2) is 7.87. The van der Waals surface area contributed by atoms with Crippen LogP contribution in [0.4, 0.5) is 0 Å². The highest BCUT2D eigenvalue weighted by Gasteiger charge is 2.45. The van der Waals surface area contributed by atoms with E-state index in [2.05, 4.69) is 36.3 Å². The zero-order valence-electron chi connectivity index (χ0n) is 13.1. The molecule has 4 nitrogen and oxygen atoms in total. The van der Waals surface area contributed by atoms with Gasteiger partial charge in [-0.3, -0.25) is 4.99 Å². The van der Waals surface area contributed by atoms with E-state index < -0.39 is 0 Å². The van der Waals surface area contributed by atoms with E-state index in [9.17, 15) is 0 Å². The van der Waals surface area contributed by atoms with E-state index in [0.717, 1.165) is 31.6 Å². The second-order valence-electron chi connectivity index (χ2n) is 5.64. The summed E-state index contributed by atoms with van der Waals surface area (Å²) in [5.41, 5.74) is 7.31. The fourth-order valence-electron chi connectivity index (χ4n) is 2.38. The van der Waals surface area contributed by atoms with Crippen LogP contribution in [0.1, 0.15) is 38.7 Å². The molecule has 0 spiro atoms. The number of hydrogen-bond donors (Lipinski definition) is 2. The number of guanidine groups is 1. The molecule has 1 aromatic carbocycles. The summed E-state index contributed by atoms with van der Waals surface area (Å²) in [6.07, 6.45) is 3.33. The first-order chi connectivity index (χ1) is 9.61. The van der Waals surface area contributed by atoms with E-state index in [1.807, 2.05) is 12.1 Å². The first-order valence-electron chi connectivity index (χ1n) is 7.31. The van der Waals surface area contributed by atoms with Gasteiger partial charge in [0.15, 0.2) is 5.96 Å². The van der Waals surface area contributed by atoms with Gasteiger partial charge in [0, 0.05) is 17.0 Å². The van der Waals surface area contributed by atoms with Crippen LogP contribution >= 0.6 is 24.0 Å². The molecule has 0 heterocycles. The van der Waals surface area contributed by atoms with Gasteiger partial charge in [0.25, 0.3) is 0 Å². The topological polar surface area (TPSA) is 59.6 Å². The molecule has 0 saturated heterocycles. The van der Waals surface area contributed by atoms with Gasteiger partial charge >= 0.3 is 0 Å². The monoisotopic (exact) mass is 403 g/mol. The van der Waals surface area contributed by atoms with Crippen LogP contribution in [0.2, 0.25) is 0 Å². The van der Waals surface area contributed by atoms with Crippen molar-refractivity contribution in [3.05, 3.63) is 29.8 Å². The summed E-state index contributed by atoms with van der Waals surface area (Å²) in [7, 11) is 1.72. The lowest BCUT2D eigenvalue weighted by Crippen LogP contribution is -2.38. The third-order valence-corrected chi connectivity index (χ3v) is 4.09. The zero-order chi connectivity index (χ0) is 14.6. The number of methoxy groups -OCH3 is 1. The number of para-hydroxylation sites is 1. The maximum Gasteiger partial charge on any atom is 0.188 e. The molecule has 1 fully saturated rings. The summed E-state index contributed by atoms with van der Waals surface area (Å²) < 4.78 is 5.47. The number of benzene rings is 1. The minimum absolute atomic E-state index is 0. The number of aliphatic imine (C=N–C) groups is 1. The first-order valence-corrected chi connectivity index (χ1v) is 7.31. The highest BCUT2D eigenvalue weighted by atomic mass is 127. The van der Waals surface area contributed by atoms with Gasteiger partial charge in [-0.2, -0.15) is 0 Å². The van der Waals surface area contributed by atoms with Gasteiger partial charge in [0.2, 0.25) is 0 Å². The number of nitrogens with one attached hydrogen (secondary N) is 1. The molecule has 1 aliphatic carbocycles. The molecular weight excluding hydrogens is 377 g/mol. The molecular formula is C16H26IN3O. The predicted molar refractivity (Wildman–Crippen MR) is 98.7 cm³/mol. The second-order valence-corrected chi connectivity index (χ2v) is 5.64. The number of rotatable bonds is 6. The molecule has 1 aromatic rings. The van der Waals surface area contributed by atoms with Gasteiger partial charge in [-0.25, -0.2) is 0 Å². The van der Waals surface area contributed by atoms with E-state index in [4.69, 9.17) is 10.5 Å². The average molecular weight is 403 g/mol. The van der Waals surface area contributed by atoms with Crippen LogP contribution in [0.5, 0.6) is 5.75 Å². The minimum Gasteiger partial charge on any atom is -0.496 e. The van der Waals surface area contributed by atoms with Crippen LogP contribution < -0.4 is 15.8 Å². The van der Waals surface area contributed by atoms with Crippen molar-refractivity contribution >= 4 is 29.9 Å². The molecule has 1 saturated carbocycles. The Morgan fingerprint density at radius 2 is 2.10 bits per heavy atom. The van der Waals surface area contributed by atoms with Crippen LogP contribution in [0.3, 0.4) is 0 Å². The van der Waals surface area contributed by atoms with Crippen LogP contribution in [0.25, 0.3) is 0 Å². The van der Waals surface area contributed by atoms with Crippen molar-refractivity contribution in [3.63, 3.8) is 0 Å². The maximum atomic E-state index is 5.94. The third kappa shape index (κ3) is 4.49. The van der Waals surface area contributed by atoms with Crippen LogP contribution in [0, 0.1) is 0 Å². The van der Waals surface area contributed by atoms with Gasteiger partial charge in [0.05, 0.1) is 13.7 Å². The van der Waals surface area contributed by atoms with E-state index in [-0.39, 0.29) is 29.4 Å². The summed E-state index contributed by atoms with van der Waals surface area (Å²) in [5.74, 6) is 1.49. The summed E-state index contributed by atoms with van der Waals surface area (Å²) in [6.45, 7) is 4.96. The summed E-state index contributed by atoms with van der Waals surface area (Å²) in [6, 6.07) is 8.57. The lowest BCUT2D eigenvalue weighted by atomic mass is 9.95. The minimum atomic E-state index is 0. The summed E-state index contributed by atoms with van der Waals surface area (Å²) >= 11 is 0. The lowest BCUT2D eigenvalue weighted by Gasteiger charge is -2.18. The third-order valence-electron chi connectivity index (χ3n) is 4.09. The van der Waals surface area contributed by atoms with Gasteiger partial charge in [-0.15, -0.1) is 24.0 Å². The molecule has 1 atom stereocenters. The van der Waals surface area contributed by atoms with Gasteiger partial charge in [-0.05, 0) is 32.3 Å². The van der Waals surface area contributed by atoms with Crippen LogP contribution in [-0.2, 0) is 5.41 Å². The Labute approximate surface area is 144 Å². The number of ether oxygens (including phenoxy) is 1. The first kappa shape index (κ1) is 18.1. The van der Waals surface area contributed by atoms with E-state index in [0.29, 0.717) is 12.0 Å². The Kier molecular flexibility index (Phi) is 6.77. The van der Waals surface area contributed by atoms with Crippen LogP contribution in [-0.4, -0.2) is 25.7 Å². The Morgan fingerprint density at radius 3 is 2.67 bits per heavy atom. The SMILES string of the molecule is CCC(C)NC(N)=NCC1(c2ccccc2OC)CC1.I. The molecule has 0 radical (unpaired) electrons. The fraction of sp³-hybridized carbons (Fsp3) is 0.562.